The molecule has 0 unspecified atom stereocenters. The highest BCUT2D eigenvalue weighted by Crippen LogP contribution is 2.36. The van der Waals surface area contributed by atoms with Gasteiger partial charge in [-0.3, -0.25) is 0 Å². The highest BCUT2D eigenvalue weighted by atomic mass is 35.5. The third-order valence-electron chi connectivity index (χ3n) is 3.99. The van der Waals surface area contributed by atoms with Gasteiger partial charge in [0.25, 0.3) is 0 Å². The predicted octanol–water partition coefficient (Wildman–Crippen LogP) is 3.83. The second kappa shape index (κ2) is 6.20. The number of ether oxygens (including phenoxy) is 1. The summed E-state index contributed by atoms with van der Waals surface area (Å²) in [5.41, 5.74) is 1.95. The summed E-state index contributed by atoms with van der Waals surface area (Å²) in [7, 11) is 0. The summed E-state index contributed by atoms with van der Waals surface area (Å²) in [6.07, 6.45) is 3.93. The fourth-order valence-electron chi connectivity index (χ4n) is 2.52. The molecule has 1 saturated carbocycles. The van der Waals surface area contributed by atoms with E-state index in [-0.39, 0.29) is 12.5 Å². The van der Waals surface area contributed by atoms with Gasteiger partial charge in [0.1, 0.15) is 10.5 Å². The minimum Gasteiger partial charge on any atom is -0.437 e. The van der Waals surface area contributed by atoms with Crippen LogP contribution in [0.3, 0.4) is 0 Å². The molecule has 0 spiro atoms. The van der Waals surface area contributed by atoms with Crippen molar-refractivity contribution in [2.45, 2.75) is 26.0 Å². The van der Waals surface area contributed by atoms with Crippen LogP contribution < -0.4 is 4.74 Å². The number of aliphatic hydroxyl groups excluding tert-OH is 1. The molecule has 0 bridgehead atoms. The van der Waals surface area contributed by atoms with Crippen LogP contribution in [0, 0.1) is 5.92 Å². The largest absolute Gasteiger partial charge is 0.437 e. The van der Waals surface area contributed by atoms with E-state index in [9.17, 15) is 5.11 Å². The Hall–Kier alpha value is -1.89. The van der Waals surface area contributed by atoms with Crippen LogP contribution in [0.5, 0.6) is 11.6 Å². The number of fused-ring (bicyclic) bond motifs is 1. The molecule has 0 amide bonds. The molecule has 124 valence electrons. The molecule has 24 heavy (non-hydrogen) atoms. The Labute approximate surface area is 148 Å². The average molecular weight is 365 g/mol. The summed E-state index contributed by atoms with van der Waals surface area (Å²) in [6, 6.07) is 5.24. The van der Waals surface area contributed by atoms with Gasteiger partial charge in [-0.1, -0.05) is 28.4 Å². The van der Waals surface area contributed by atoms with Gasteiger partial charge in [0, 0.05) is 18.3 Å². The predicted molar refractivity (Wildman–Crippen MR) is 90.5 cm³/mol. The molecule has 1 aromatic carbocycles. The molecule has 1 N–H and O–H groups in total. The molecule has 1 aliphatic rings. The van der Waals surface area contributed by atoms with Crippen LogP contribution in [0.2, 0.25) is 10.0 Å². The maximum atomic E-state index is 9.42. The number of pyridine rings is 1. The fourth-order valence-corrected chi connectivity index (χ4v) is 2.94. The van der Waals surface area contributed by atoms with E-state index in [1.807, 2.05) is 10.7 Å². The van der Waals surface area contributed by atoms with Gasteiger partial charge in [-0.25, -0.2) is 9.67 Å². The summed E-state index contributed by atoms with van der Waals surface area (Å²) in [4.78, 5) is 4.10. The Morgan fingerprint density at radius 3 is 2.88 bits per heavy atom. The van der Waals surface area contributed by atoms with E-state index < -0.39 is 0 Å². The van der Waals surface area contributed by atoms with E-state index in [1.165, 1.54) is 19.0 Å². The van der Waals surface area contributed by atoms with E-state index in [2.05, 4.69) is 15.3 Å². The fraction of sp³-hybridized carbons (Fsp3) is 0.312. The number of nitrogens with zero attached hydrogens (tertiary/aromatic N) is 4. The maximum absolute atomic E-state index is 9.42. The van der Waals surface area contributed by atoms with E-state index >= 15 is 0 Å². The van der Waals surface area contributed by atoms with Crippen LogP contribution in [0.15, 0.2) is 24.4 Å². The van der Waals surface area contributed by atoms with Crippen LogP contribution >= 0.6 is 23.2 Å². The second-order valence-electron chi connectivity index (χ2n) is 5.84. The quantitative estimate of drug-likeness (QED) is 0.744. The Kier molecular flexibility index (Phi) is 4.04. The summed E-state index contributed by atoms with van der Waals surface area (Å²) in [5, 5.41) is 18.6. The first-order valence-electron chi connectivity index (χ1n) is 7.60. The molecule has 4 rings (SSSR count). The Morgan fingerprint density at radius 2 is 2.12 bits per heavy atom. The van der Waals surface area contributed by atoms with Crippen molar-refractivity contribution in [2.24, 2.45) is 5.92 Å². The minimum absolute atomic E-state index is 0.236. The van der Waals surface area contributed by atoms with Crippen molar-refractivity contribution in [1.82, 2.24) is 20.0 Å². The standard InChI is InChI=1S/C16H14Cl2N4O2/c17-11-5-10(8-23)16(19-6-11)24-13-4-3-12-15(14(13)18)20-21-22(12)7-9-1-2-9/h3-6,9,23H,1-2,7-8H2. The number of hydrogen-bond acceptors (Lipinski definition) is 5. The first-order chi connectivity index (χ1) is 11.7. The molecule has 8 heteroatoms. The van der Waals surface area contributed by atoms with E-state index in [4.69, 9.17) is 27.9 Å². The number of halogens is 2. The normalized spacial score (nSPS) is 14.3. The Morgan fingerprint density at radius 1 is 1.29 bits per heavy atom. The highest BCUT2D eigenvalue weighted by molar-refractivity contribution is 6.36. The maximum Gasteiger partial charge on any atom is 0.224 e. The monoisotopic (exact) mass is 364 g/mol. The third kappa shape index (κ3) is 2.92. The van der Waals surface area contributed by atoms with Crippen LogP contribution in [-0.2, 0) is 13.2 Å². The van der Waals surface area contributed by atoms with E-state index in [0.717, 1.165) is 12.1 Å². The Bertz CT molecular complexity index is 908. The molecular weight excluding hydrogens is 351 g/mol. The lowest BCUT2D eigenvalue weighted by atomic mass is 10.2. The lowest BCUT2D eigenvalue weighted by Gasteiger charge is -2.10. The van der Waals surface area contributed by atoms with Crippen molar-refractivity contribution in [3.05, 3.63) is 40.0 Å². The van der Waals surface area contributed by atoms with Gasteiger partial charge in [-0.15, -0.1) is 5.10 Å². The topological polar surface area (TPSA) is 73.1 Å². The van der Waals surface area contributed by atoms with Gasteiger partial charge in [-0.05, 0) is 37.0 Å². The SMILES string of the molecule is OCc1cc(Cl)cnc1Oc1ccc2c(nnn2CC2CC2)c1Cl. The molecule has 6 nitrogen and oxygen atoms in total. The second-order valence-corrected chi connectivity index (χ2v) is 6.65. The van der Waals surface area contributed by atoms with Crippen molar-refractivity contribution < 1.29 is 9.84 Å². The van der Waals surface area contributed by atoms with Gasteiger partial charge >= 0.3 is 0 Å². The first kappa shape index (κ1) is 15.6. The van der Waals surface area contributed by atoms with Crippen LogP contribution in [0.1, 0.15) is 18.4 Å². The van der Waals surface area contributed by atoms with E-state index in [0.29, 0.717) is 32.8 Å². The van der Waals surface area contributed by atoms with Gasteiger partial charge < -0.3 is 9.84 Å². The average Bonchev–Trinajstić information content (AvgIpc) is 3.30. The molecule has 0 saturated heterocycles. The van der Waals surface area contributed by atoms with Crippen molar-refractivity contribution in [3.63, 3.8) is 0 Å². The van der Waals surface area contributed by atoms with Gasteiger partial charge in [0.2, 0.25) is 5.88 Å². The van der Waals surface area contributed by atoms with Crippen LogP contribution in [-0.4, -0.2) is 25.1 Å². The molecule has 3 aromatic rings. The first-order valence-corrected chi connectivity index (χ1v) is 8.36. The van der Waals surface area contributed by atoms with Gasteiger partial charge in [0.05, 0.1) is 17.1 Å². The van der Waals surface area contributed by atoms with E-state index in [1.54, 1.807) is 12.1 Å². The summed E-state index contributed by atoms with van der Waals surface area (Å²) in [5.74, 6) is 1.36. The lowest BCUT2D eigenvalue weighted by Crippen LogP contribution is -2.01. The molecule has 0 atom stereocenters. The summed E-state index contributed by atoms with van der Waals surface area (Å²) < 4.78 is 7.64. The molecular formula is C16H14Cl2N4O2. The van der Waals surface area contributed by atoms with Crippen LogP contribution in [0.25, 0.3) is 11.0 Å². The minimum atomic E-state index is -0.236. The molecule has 2 heterocycles. The zero-order valence-electron chi connectivity index (χ0n) is 12.6. The van der Waals surface area contributed by atoms with Crippen molar-refractivity contribution in [1.29, 1.82) is 0 Å². The molecule has 1 fully saturated rings. The molecule has 0 aliphatic heterocycles. The molecule has 2 aromatic heterocycles. The smallest absolute Gasteiger partial charge is 0.224 e. The summed E-state index contributed by atoms with van der Waals surface area (Å²) >= 11 is 12.3. The summed E-state index contributed by atoms with van der Waals surface area (Å²) in [6.45, 7) is 0.626. The number of rotatable bonds is 5. The molecule has 1 aliphatic carbocycles. The van der Waals surface area contributed by atoms with Crippen LogP contribution in [0.4, 0.5) is 0 Å². The third-order valence-corrected chi connectivity index (χ3v) is 4.56. The number of aromatic nitrogens is 4. The van der Waals surface area contributed by atoms with Gasteiger partial charge in [-0.2, -0.15) is 0 Å². The number of hydrogen-bond donors (Lipinski definition) is 1. The molecule has 0 radical (unpaired) electrons. The number of aliphatic hydroxyl groups is 1. The number of benzene rings is 1. The zero-order valence-corrected chi connectivity index (χ0v) is 14.1. The van der Waals surface area contributed by atoms with Crippen molar-refractivity contribution >= 4 is 34.2 Å². The van der Waals surface area contributed by atoms with Gasteiger partial charge in [0.15, 0.2) is 5.75 Å². The highest BCUT2D eigenvalue weighted by Gasteiger charge is 2.24. The Balaban J connectivity index is 1.68. The lowest BCUT2D eigenvalue weighted by molar-refractivity contribution is 0.275. The zero-order chi connectivity index (χ0) is 16.7. The van der Waals surface area contributed by atoms with Crippen molar-refractivity contribution in [2.75, 3.05) is 0 Å². The van der Waals surface area contributed by atoms with Crippen molar-refractivity contribution in [3.8, 4) is 11.6 Å².